The highest BCUT2D eigenvalue weighted by Crippen LogP contribution is 2.31. The van der Waals surface area contributed by atoms with Crippen LogP contribution in [0.1, 0.15) is 43.1 Å². The summed E-state index contributed by atoms with van der Waals surface area (Å²) in [5.74, 6) is 0.215. The molecular weight excluding hydrogens is 176 g/mol. The third-order valence-corrected chi connectivity index (χ3v) is 2.78. The lowest BCUT2D eigenvalue weighted by Gasteiger charge is -2.24. The van der Waals surface area contributed by atoms with Gasteiger partial charge in [0, 0.05) is 5.56 Å². The maximum Gasteiger partial charge on any atom is 0.150 e. The number of hydrogen-bond acceptors (Lipinski definition) is 2. The molecule has 14 heavy (non-hydrogen) atoms. The molecular formula is C12H16O2. The molecule has 0 aromatic heterocycles. The van der Waals surface area contributed by atoms with Crippen LogP contribution in [-0.2, 0) is 5.41 Å². The average Bonchev–Trinajstić information content (AvgIpc) is 2.18. The molecule has 0 heterocycles. The standard InChI is InChI=1S/C12H16O2/c1-4-12(2,3)11-7-10(14)6-5-9(11)8-13/h5-8,14H,4H2,1-3H3. The van der Waals surface area contributed by atoms with E-state index in [-0.39, 0.29) is 11.2 Å². The van der Waals surface area contributed by atoms with E-state index in [1.54, 1.807) is 18.2 Å². The van der Waals surface area contributed by atoms with Gasteiger partial charge in [0.25, 0.3) is 0 Å². The molecule has 0 radical (unpaired) electrons. The molecule has 0 atom stereocenters. The van der Waals surface area contributed by atoms with E-state index in [4.69, 9.17) is 0 Å². The monoisotopic (exact) mass is 192 g/mol. The van der Waals surface area contributed by atoms with Crippen molar-refractivity contribution >= 4 is 6.29 Å². The van der Waals surface area contributed by atoms with Crippen molar-refractivity contribution < 1.29 is 9.90 Å². The van der Waals surface area contributed by atoms with Crippen LogP contribution in [-0.4, -0.2) is 11.4 Å². The van der Waals surface area contributed by atoms with Crippen molar-refractivity contribution in [1.82, 2.24) is 0 Å². The Hall–Kier alpha value is -1.31. The minimum atomic E-state index is -0.0744. The predicted octanol–water partition coefficient (Wildman–Crippen LogP) is 2.89. The van der Waals surface area contributed by atoms with Crippen LogP contribution in [0.2, 0.25) is 0 Å². The number of aldehydes is 1. The molecule has 0 aliphatic heterocycles. The topological polar surface area (TPSA) is 37.3 Å². The molecule has 0 fully saturated rings. The highest BCUT2D eigenvalue weighted by molar-refractivity contribution is 5.78. The highest BCUT2D eigenvalue weighted by atomic mass is 16.3. The maximum absolute atomic E-state index is 10.8. The average molecular weight is 192 g/mol. The van der Waals surface area contributed by atoms with Gasteiger partial charge in [0.05, 0.1) is 0 Å². The lowest BCUT2D eigenvalue weighted by atomic mass is 9.80. The zero-order valence-electron chi connectivity index (χ0n) is 8.87. The number of phenolic OH excluding ortho intramolecular Hbond substituents is 1. The molecule has 0 saturated heterocycles. The third-order valence-electron chi connectivity index (χ3n) is 2.78. The Bertz CT molecular complexity index is 340. The molecule has 0 unspecified atom stereocenters. The van der Waals surface area contributed by atoms with Gasteiger partial charge in [-0.2, -0.15) is 0 Å². The van der Waals surface area contributed by atoms with Crippen LogP contribution >= 0.6 is 0 Å². The first kappa shape index (κ1) is 10.8. The summed E-state index contributed by atoms with van der Waals surface area (Å²) < 4.78 is 0. The summed E-state index contributed by atoms with van der Waals surface area (Å²) in [5.41, 5.74) is 1.50. The van der Waals surface area contributed by atoms with Gasteiger partial charge < -0.3 is 5.11 Å². The normalized spacial score (nSPS) is 11.4. The Morgan fingerprint density at radius 1 is 1.43 bits per heavy atom. The summed E-state index contributed by atoms with van der Waals surface area (Å²) in [6.45, 7) is 6.20. The van der Waals surface area contributed by atoms with E-state index >= 15 is 0 Å². The first-order valence-corrected chi connectivity index (χ1v) is 4.80. The fraction of sp³-hybridized carbons (Fsp3) is 0.417. The molecule has 1 N–H and O–H groups in total. The van der Waals surface area contributed by atoms with Crippen molar-refractivity contribution in [2.75, 3.05) is 0 Å². The van der Waals surface area contributed by atoms with Gasteiger partial charge in [-0.3, -0.25) is 4.79 Å². The van der Waals surface area contributed by atoms with Crippen LogP contribution in [0.5, 0.6) is 5.75 Å². The maximum atomic E-state index is 10.8. The Kier molecular flexibility index (Phi) is 2.94. The van der Waals surface area contributed by atoms with Gasteiger partial charge >= 0.3 is 0 Å². The van der Waals surface area contributed by atoms with Crippen LogP contribution in [0.25, 0.3) is 0 Å². The zero-order chi connectivity index (χ0) is 10.8. The van der Waals surface area contributed by atoms with Gasteiger partial charge in [0.2, 0.25) is 0 Å². The minimum absolute atomic E-state index is 0.0744. The number of phenols is 1. The molecule has 1 aromatic rings. The third kappa shape index (κ3) is 1.95. The molecule has 0 saturated carbocycles. The summed E-state index contributed by atoms with van der Waals surface area (Å²) in [7, 11) is 0. The van der Waals surface area contributed by atoms with E-state index in [1.807, 2.05) is 0 Å². The van der Waals surface area contributed by atoms with Gasteiger partial charge in [-0.15, -0.1) is 0 Å². The SMILES string of the molecule is CCC(C)(C)c1cc(O)ccc1C=O. The minimum Gasteiger partial charge on any atom is -0.508 e. The summed E-state index contributed by atoms with van der Waals surface area (Å²) in [5, 5.41) is 9.38. The van der Waals surface area contributed by atoms with Crippen LogP contribution < -0.4 is 0 Å². The lowest BCUT2D eigenvalue weighted by molar-refractivity contribution is 0.112. The summed E-state index contributed by atoms with van der Waals surface area (Å²) in [4.78, 5) is 10.8. The Labute approximate surface area is 84.6 Å². The summed E-state index contributed by atoms with van der Waals surface area (Å²) in [6, 6.07) is 4.88. The van der Waals surface area contributed by atoms with Gasteiger partial charge in [0.1, 0.15) is 12.0 Å². The largest absolute Gasteiger partial charge is 0.508 e. The Morgan fingerprint density at radius 3 is 2.57 bits per heavy atom. The van der Waals surface area contributed by atoms with Crippen molar-refractivity contribution in [3.05, 3.63) is 29.3 Å². The quantitative estimate of drug-likeness (QED) is 0.748. The van der Waals surface area contributed by atoms with E-state index in [1.165, 1.54) is 0 Å². The van der Waals surface area contributed by atoms with Crippen molar-refractivity contribution in [1.29, 1.82) is 0 Å². The van der Waals surface area contributed by atoms with Crippen LogP contribution in [0.3, 0.4) is 0 Å². The second-order valence-corrected chi connectivity index (χ2v) is 4.13. The van der Waals surface area contributed by atoms with Crippen LogP contribution in [0.15, 0.2) is 18.2 Å². The van der Waals surface area contributed by atoms with Crippen molar-refractivity contribution in [2.24, 2.45) is 0 Å². The molecule has 76 valence electrons. The van der Waals surface area contributed by atoms with Crippen molar-refractivity contribution in [3.63, 3.8) is 0 Å². The number of rotatable bonds is 3. The fourth-order valence-corrected chi connectivity index (χ4v) is 1.42. The van der Waals surface area contributed by atoms with Crippen LogP contribution in [0, 0.1) is 0 Å². The zero-order valence-corrected chi connectivity index (χ0v) is 8.87. The summed E-state index contributed by atoms with van der Waals surface area (Å²) >= 11 is 0. The fourth-order valence-electron chi connectivity index (χ4n) is 1.42. The first-order valence-electron chi connectivity index (χ1n) is 4.80. The van der Waals surface area contributed by atoms with Gasteiger partial charge in [-0.05, 0) is 35.6 Å². The molecule has 1 aromatic carbocycles. The molecule has 0 aliphatic carbocycles. The molecule has 2 nitrogen and oxygen atoms in total. The van der Waals surface area contributed by atoms with Gasteiger partial charge in [-0.1, -0.05) is 20.8 Å². The molecule has 0 amide bonds. The number of aromatic hydroxyl groups is 1. The molecule has 0 spiro atoms. The van der Waals surface area contributed by atoms with Crippen molar-refractivity contribution in [2.45, 2.75) is 32.6 Å². The second kappa shape index (κ2) is 3.82. The molecule has 2 heteroatoms. The number of carbonyl (C=O) groups is 1. The first-order chi connectivity index (χ1) is 6.51. The number of carbonyl (C=O) groups excluding carboxylic acids is 1. The van der Waals surface area contributed by atoms with E-state index in [2.05, 4.69) is 20.8 Å². The Balaban J connectivity index is 3.30. The van der Waals surface area contributed by atoms with Crippen LogP contribution in [0.4, 0.5) is 0 Å². The van der Waals surface area contributed by atoms with E-state index < -0.39 is 0 Å². The van der Waals surface area contributed by atoms with E-state index in [9.17, 15) is 9.90 Å². The molecule has 0 aliphatic rings. The van der Waals surface area contributed by atoms with E-state index in [0.717, 1.165) is 18.3 Å². The Morgan fingerprint density at radius 2 is 2.07 bits per heavy atom. The van der Waals surface area contributed by atoms with E-state index in [0.29, 0.717) is 5.56 Å². The van der Waals surface area contributed by atoms with Gasteiger partial charge in [0.15, 0.2) is 0 Å². The number of benzene rings is 1. The lowest BCUT2D eigenvalue weighted by Crippen LogP contribution is -2.17. The van der Waals surface area contributed by atoms with Gasteiger partial charge in [-0.25, -0.2) is 0 Å². The molecule has 0 bridgehead atoms. The predicted molar refractivity (Wildman–Crippen MR) is 56.8 cm³/mol. The smallest absolute Gasteiger partial charge is 0.150 e. The molecule has 1 rings (SSSR count). The highest BCUT2D eigenvalue weighted by Gasteiger charge is 2.21. The second-order valence-electron chi connectivity index (χ2n) is 4.13. The summed E-state index contributed by atoms with van der Waals surface area (Å²) in [6.07, 6.45) is 1.77. The number of hydrogen-bond donors (Lipinski definition) is 1. The van der Waals surface area contributed by atoms with Crippen molar-refractivity contribution in [3.8, 4) is 5.75 Å².